The molecule has 1 rings (SSSR count). The van der Waals surface area contributed by atoms with Gasteiger partial charge in [0.05, 0.1) is 0 Å². The van der Waals surface area contributed by atoms with Crippen LogP contribution in [0.2, 0.25) is 0 Å². The molecule has 1 aliphatic heterocycles. The Hall–Kier alpha value is -0.570. The van der Waals surface area contributed by atoms with Crippen LogP contribution in [0.1, 0.15) is 40.5 Å². The van der Waals surface area contributed by atoms with Crippen LogP contribution in [0.25, 0.3) is 0 Å². The average Bonchev–Trinajstić information content (AvgIpc) is 2.47. The number of likely N-dealkylation sites (tertiary alicyclic amines) is 1. The molecule has 1 heterocycles. The third-order valence-corrected chi connectivity index (χ3v) is 2.65. The number of carbonyl (C=O) groups excluding carboxylic acids is 1. The number of nitrogens with one attached hydrogen (secondary N) is 1. The van der Waals surface area contributed by atoms with Crippen molar-refractivity contribution >= 4 is 5.91 Å². The monoisotopic (exact) mass is 212 g/mol. The van der Waals surface area contributed by atoms with Crippen LogP contribution in [-0.2, 0) is 4.79 Å². The van der Waals surface area contributed by atoms with E-state index in [4.69, 9.17) is 0 Å². The largest absolute Gasteiger partial charge is 0.341 e. The van der Waals surface area contributed by atoms with Crippen LogP contribution in [0.5, 0.6) is 0 Å². The lowest BCUT2D eigenvalue weighted by molar-refractivity contribution is -0.127. The Morgan fingerprint density at radius 1 is 1.47 bits per heavy atom. The summed E-state index contributed by atoms with van der Waals surface area (Å²) in [6.45, 7) is 11.6. The summed E-state index contributed by atoms with van der Waals surface area (Å²) in [5.74, 6) is 0.319. The molecule has 0 saturated carbocycles. The van der Waals surface area contributed by atoms with Gasteiger partial charge in [0.1, 0.15) is 0 Å². The highest BCUT2D eigenvalue weighted by Crippen LogP contribution is 2.12. The van der Waals surface area contributed by atoms with Crippen molar-refractivity contribution in [1.29, 1.82) is 0 Å². The number of nitrogens with zero attached hydrogens (tertiary/aromatic N) is 1. The van der Waals surface area contributed by atoms with Gasteiger partial charge >= 0.3 is 0 Å². The minimum Gasteiger partial charge on any atom is -0.341 e. The van der Waals surface area contributed by atoms with Crippen LogP contribution in [0, 0.1) is 5.41 Å². The van der Waals surface area contributed by atoms with Crippen molar-refractivity contribution in [2.45, 2.75) is 46.6 Å². The molecule has 1 fully saturated rings. The first kappa shape index (κ1) is 12.5. The van der Waals surface area contributed by atoms with E-state index in [9.17, 15) is 4.79 Å². The van der Waals surface area contributed by atoms with Gasteiger partial charge in [-0.2, -0.15) is 0 Å². The van der Waals surface area contributed by atoms with Crippen LogP contribution in [0.3, 0.4) is 0 Å². The Bertz CT molecular complexity index is 220. The molecule has 0 aromatic rings. The maximum atomic E-state index is 11.4. The summed E-state index contributed by atoms with van der Waals surface area (Å²) in [5.41, 5.74) is 0.309. The van der Waals surface area contributed by atoms with Gasteiger partial charge in [0, 0.05) is 32.1 Å². The van der Waals surface area contributed by atoms with Gasteiger partial charge in [0.15, 0.2) is 0 Å². The summed E-state index contributed by atoms with van der Waals surface area (Å²) in [6.07, 6.45) is 1.77. The molecule has 3 nitrogen and oxygen atoms in total. The quantitative estimate of drug-likeness (QED) is 0.768. The lowest BCUT2D eigenvalue weighted by Gasteiger charge is -2.26. The predicted octanol–water partition coefficient (Wildman–Crippen LogP) is 1.63. The molecule has 1 aliphatic rings. The van der Waals surface area contributed by atoms with E-state index in [1.165, 1.54) is 0 Å². The highest BCUT2D eigenvalue weighted by atomic mass is 16.2. The lowest BCUT2D eigenvalue weighted by atomic mass is 9.96. The van der Waals surface area contributed by atoms with E-state index in [0.29, 0.717) is 17.4 Å². The Labute approximate surface area is 93.2 Å². The molecule has 88 valence electrons. The van der Waals surface area contributed by atoms with Crippen LogP contribution in [0.15, 0.2) is 0 Å². The molecule has 1 atom stereocenters. The fraction of sp³-hybridized carbons (Fsp3) is 0.917. The Balaban J connectivity index is 2.23. The van der Waals surface area contributed by atoms with Crippen LogP contribution in [-0.4, -0.2) is 36.5 Å². The van der Waals surface area contributed by atoms with E-state index >= 15 is 0 Å². The number of rotatable bonds is 4. The van der Waals surface area contributed by atoms with Gasteiger partial charge in [-0.3, -0.25) is 4.79 Å². The van der Waals surface area contributed by atoms with E-state index in [0.717, 1.165) is 32.5 Å². The van der Waals surface area contributed by atoms with Crippen molar-refractivity contribution in [3.63, 3.8) is 0 Å². The molecule has 0 aromatic carbocycles. The summed E-state index contributed by atoms with van der Waals surface area (Å²) < 4.78 is 0. The summed E-state index contributed by atoms with van der Waals surface area (Å²) in [7, 11) is 0. The predicted molar refractivity (Wildman–Crippen MR) is 62.7 cm³/mol. The van der Waals surface area contributed by atoms with Gasteiger partial charge < -0.3 is 10.2 Å². The summed E-state index contributed by atoms with van der Waals surface area (Å²) in [5, 5.41) is 3.48. The topological polar surface area (TPSA) is 32.3 Å². The van der Waals surface area contributed by atoms with Crippen LogP contribution in [0.4, 0.5) is 0 Å². The second-order valence-electron chi connectivity index (χ2n) is 5.79. The highest BCUT2D eigenvalue weighted by Gasteiger charge is 2.22. The minimum atomic E-state index is 0.309. The second kappa shape index (κ2) is 4.97. The standard InChI is InChI=1S/C12H24N2O/c1-10(13-9-12(2,3)4)8-14-7-5-6-11(14)15/h10,13H,5-9H2,1-4H3. The van der Waals surface area contributed by atoms with Crippen molar-refractivity contribution < 1.29 is 4.79 Å². The maximum Gasteiger partial charge on any atom is 0.222 e. The third-order valence-electron chi connectivity index (χ3n) is 2.65. The van der Waals surface area contributed by atoms with Gasteiger partial charge in [0.25, 0.3) is 0 Å². The van der Waals surface area contributed by atoms with Crippen molar-refractivity contribution in [1.82, 2.24) is 10.2 Å². The van der Waals surface area contributed by atoms with Gasteiger partial charge in [-0.25, -0.2) is 0 Å². The molecule has 15 heavy (non-hydrogen) atoms. The first-order valence-electron chi connectivity index (χ1n) is 5.90. The molecular formula is C12H24N2O. The van der Waals surface area contributed by atoms with Gasteiger partial charge in [0.2, 0.25) is 5.91 Å². The third kappa shape index (κ3) is 4.65. The molecule has 0 bridgehead atoms. The Morgan fingerprint density at radius 3 is 2.60 bits per heavy atom. The van der Waals surface area contributed by atoms with E-state index in [-0.39, 0.29) is 0 Å². The molecule has 0 aliphatic carbocycles. The second-order valence-corrected chi connectivity index (χ2v) is 5.79. The van der Waals surface area contributed by atoms with Crippen molar-refractivity contribution in [3.05, 3.63) is 0 Å². The molecule has 0 radical (unpaired) electrons. The fourth-order valence-corrected chi connectivity index (χ4v) is 1.77. The van der Waals surface area contributed by atoms with E-state index < -0.39 is 0 Å². The molecular weight excluding hydrogens is 188 g/mol. The van der Waals surface area contributed by atoms with Gasteiger partial charge in [-0.1, -0.05) is 20.8 Å². The normalized spacial score (nSPS) is 19.7. The SMILES string of the molecule is CC(CN1CCCC1=O)NCC(C)(C)C. The maximum absolute atomic E-state index is 11.4. The van der Waals surface area contributed by atoms with E-state index in [1.54, 1.807) is 0 Å². The molecule has 1 amide bonds. The molecule has 1 unspecified atom stereocenters. The number of carbonyl (C=O) groups is 1. The fourth-order valence-electron chi connectivity index (χ4n) is 1.77. The molecule has 1 N–H and O–H groups in total. The number of hydrogen-bond acceptors (Lipinski definition) is 2. The average molecular weight is 212 g/mol. The van der Waals surface area contributed by atoms with Crippen molar-refractivity contribution in [2.75, 3.05) is 19.6 Å². The van der Waals surface area contributed by atoms with Gasteiger partial charge in [-0.05, 0) is 18.8 Å². The van der Waals surface area contributed by atoms with E-state index in [1.807, 2.05) is 4.90 Å². The first-order valence-corrected chi connectivity index (χ1v) is 5.90. The number of amides is 1. The highest BCUT2D eigenvalue weighted by molar-refractivity contribution is 5.78. The summed E-state index contributed by atoms with van der Waals surface area (Å²) in [6, 6.07) is 0.395. The molecule has 0 aromatic heterocycles. The summed E-state index contributed by atoms with van der Waals surface area (Å²) in [4.78, 5) is 13.4. The zero-order valence-electron chi connectivity index (χ0n) is 10.5. The van der Waals surface area contributed by atoms with Crippen molar-refractivity contribution in [3.8, 4) is 0 Å². The number of hydrogen-bond donors (Lipinski definition) is 1. The lowest BCUT2D eigenvalue weighted by Crippen LogP contribution is -2.42. The molecule has 0 spiro atoms. The van der Waals surface area contributed by atoms with Crippen molar-refractivity contribution in [2.24, 2.45) is 5.41 Å². The zero-order chi connectivity index (χ0) is 11.5. The Kier molecular flexibility index (Phi) is 4.14. The zero-order valence-corrected chi connectivity index (χ0v) is 10.5. The minimum absolute atomic E-state index is 0.309. The first-order chi connectivity index (χ1) is 6.88. The summed E-state index contributed by atoms with van der Waals surface area (Å²) >= 11 is 0. The smallest absolute Gasteiger partial charge is 0.222 e. The van der Waals surface area contributed by atoms with Crippen LogP contribution >= 0.6 is 0 Å². The van der Waals surface area contributed by atoms with Crippen LogP contribution < -0.4 is 5.32 Å². The van der Waals surface area contributed by atoms with E-state index in [2.05, 4.69) is 33.0 Å². The molecule has 3 heteroatoms. The van der Waals surface area contributed by atoms with Gasteiger partial charge in [-0.15, -0.1) is 0 Å². The Morgan fingerprint density at radius 2 is 2.13 bits per heavy atom. The molecule has 1 saturated heterocycles.